The van der Waals surface area contributed by atoms with Crippen LogP contribution in [0, 0.1) is 0 Å². The first-order valence-electron chi connectivity index (χ1n) is 6.37. The van der Waals surface area contributed by atoms with E-state index in [0.29, 0.717) is 41.5 Å². The van der Waals surface area contributed by atoms with E-state index in [0.717, 1.165) is 0 Å². The number of aliphatic hydroxyl groups is 2. The zero-order valence-corrected chi connectivity index (χ0v) is 11.7. The molecule has 1 aromatic rings. The Morgan fingerprint density at radius 1 is 1.63 bits per heavy atom. The number of anilines is 1. The van der Waals surface area contributed by atoms with Crippen LogP contribution in [0.2, 0.25) is 0 Å². The van der Waals surface area contributed by atoms with Crippen molar-refractivity contribution in [2.75, 3.05) is 25.4 Å². The zero-order valence-electron chi connectivity index (χ0n) is 10.9. The van der Waals surface area contributed by atoms with Crippen molar-refractivity contribution in [3.05, 3.63) is 10.6 Å². The number of β-amino-alcohol motifs (C(OH)–C–C–N with tert-alkyl or cyclic N) is 1. The van der Waals surface area contributed by atoms with E-state index in [1.165, 1.54) is 11.3 Å². The first kappa shape index (κ1) is 14.2. The molecule has 2 heterocycles. The molecule has 19 heavy (non-hydrogen) atoms. The fourth-order valence-electron chi connectivity index (χ4n) is 2.34. The quantitative estimate of drug-likeness (QED) is 0.739. The van der Waals surface area contributed by atoms with Crippen molar-refractivity contribution >= 4 is 22.4 Å². The summed E-state index contributed by atoms with van der Waals surface area (Å²) in [5.74, 6) is -0.155. The van der Waals surface area contributed by atoms with Gasteiger partial charge in [-0.1, -0.05) is 18.3 Å². The van der Waals surface area contributed by atoms with Gasteiger partial charge in [-0.2, -0.15) is 0 Å². The predicted octanol–water partition coefficient (Wildman–Crippen LogP) is 0.247. The summed E-state index contributed by atoms with van der Waals surface area (Å²) < 4.78 is 0. The van der Waals surface area contributed by atoms with E-state index in [1.54, 1.807) is 4.90 Å². The lowest BCUT2D eigenvalue weighted by Crippen LogP contribution is -2.52. The predicted molar refractivity (Wildman–Crippen MR) is 73.1 cm³/mol. The SMILES string of the molecule is CCc1nc(N)sc1C(=O)N1CCC[C@@](O)(CO)C1. The van der Waals surface area contributed by atoms with Gasteiger partial charge in [0.05, 0.1) is 18.8 Å². The number of carbonyl (C=O) groups is 1. The minimum atomic E-state index is -1.18. The summed E-state index contributed by atoms with van der Waals surface area (Å²) in [6.45, 7) is 2.33. The monoisotopic (exact) mass is 285 g/mol. The van der Waals surface area contributed by atoms with Crippen LogP contribution in [0.4, 0.5) is 5.13 Å². The molecule has 0 radical (unpaired) electrons. The van der Waals surface area contributed by atoms with E-state index in [1.807, 2.05) is 6.92 Å². The summed E-state index contributed by atoms with van der Waals surface area (Å²) in [6, 6.07) is 0. The maximum absolute atomic E-state index is 12.4. The Hall–Kier alpha value is -1.18. The van der Waals surface area contributed by atoms with Gasteiger partial charge in [-0.25, -0.2) is 4.98 Å². The van der Waals surface area contributed by atoms with E-state index in [2.05, 4.69) is 4.98 Å². The van der Waals surface area contributed by atoms with Gasteiger partial charge >= 0.3 is 0 Å². The normalized spacial score (nSPS) is 23.6. The highest BCUT2D eigenvalue weighted by molar-refractivity contribution is 7.17. The second kappa shape index (κ2) is 5.44. The number of amides is 1. The number of aliphatic hydroxyl groups excluding tert-OH is 1. The number of aromatic nitrogens is 1. The summed E-state index contributed by atoms with van der Waals surface area (Å²) in [6.07, 6.45) is 1.84. The maximum atomic E-state index is 12.4. The molecule has 106 valence electrons. The van der Waals surface area contributed by atoms with E-state index < -0.39 is 5.60 Å². The fourth-order valence-corrected chi connectivity index (χ4v) is 3.22. The topological polar surface area (TPSA) is 99.7 Å². The first-order chi connectivity index (χ1) is 8.99. The number of nitrogen functional groups attached to an aromatic ring is 1. The van der Waals surface area contributed by atoms with E-state index in [9.17, 15) is 15.0 Å². The summed E-state index contributed by atoms with van der Waals surface area (Å²) in [7, 11) is 0. The third kappa shape index (κ3) is 2.88. The summed E-state index contributed by atoms with van der Waals surface area (Å²) in [5.41, 5.74) is 5.16. The lowest BCUT2D eigenvalue weighted by Gasteiger charge is -2.37. The molecule has 1 saturated heterocycles. The van der Waals surface area contributed by atoms with Crippen molar-refractivity contribution in [1.29, 1.82) is 0 Å². The molecule has 0 bridgehead atoms. The second-order valence-corrected chi connectivity index (χ2v) is 5.92. The Morgan fingerprint density at radius 3 is 3.00 bits per heavy atom. The summed E-state index contributed by atoms with van der Waals surface area (Å²) in [4.78, 5) is 18.7. The Morgan fingerprint density at radius 2 is 2.37 bits per heavy atom. The smallest absolute Gasteiger partial charge is 0.266 e. The van der Waals surface area contributed by atoms with Crippen molar-refractivity contribution in [3.63, 3.8) is 0 Å². The number of rotatable bonds is 3. The minimum Gasteiger partial charge on any atom is -0.393 e. The van der Waals surface area contributed by atoms with Crippen LogP contribution in [0.25, 0.3) is 0 Å². The minimum absolute atomic E-state index is 0.155. The van der Waals surface area contributed by atoms with E-state index >= 15 is 0 Å². The van der Waals surface area contributed by atoms with Gasteiger partial charge in [-0.3, -0.25) is 4.79 Å². The number of nitrogens with two attached hydrogens (primary N) is 1. The van der Waals surface area contributed by atoms with Crippen LogP contribution in [0.3, 0.4) is 0 Å². The Bertz CT molecular complexity index is 477. The Labute approximate surface area is 115 Å². The summed E-state index contributed by atoms with van der Waals surface area (Å²) >= 11 is 1.18. The number of nitrogens with zero attached hydrogens (tertiary/aromatic N) is 2. The van der Waals surface area contributed by atoms with Crippen LogP contribution in [0.15, 0.2) is 0 Å². The van der Waals surface area contributed by atoms with Crippen LogP contribution >= 0.6 is 11.3 Å². The van der Waals surface area contributed by atoms with Crippen molar-refractivity contribution < 1.29 is 15.0 Å². The summed E-state index contributed by atoms with van der Waals surface area (Å²) in [5, 5.41) is 19.7. The molecule has 2 rings (SSSR count). The second-order valence-electron chi connectivity index (χ2n) is 4.89. The van der Waals surface area contributed by atoms with Crippen molar-refractivity contribution in [2.24, 2.45) is 0 Å². The lowest BCUT2D eigenvalue weighted by atomic mass is 9.93. The average Bonchev–Trinajstić information content (AvgIpc) is 2.79. The molecule has 0 aliphatic carbocycles. The average molecular weight is 285 g/mol. The molecule has 0 unspecified atom stereocenters. The molecule has 7 heteroatoms. The van der Waals surface area contributed by atoms with Gasteiger partial charge < -0.3 is 20.8 Å². The number of likely N-dealkylation sites (tertiary alicyclic amines) is 1. The molecular weight excluding hydrogens is 266 g/mol. The standard InChI is InChI=1S/C12H19N3O3S/c1-2-8-9(19-11(13)14-8)10(17)15-5-3-4-12(18,6-15)7-16/h16,18H,2-7H2,1H3,(H2,13,14)/t12-/m0/s1. The molecule has 1 atom stereocenters. The van der Waals surface area contributed by atoms with Gasteiger partial charge in [0.1, 0.15) is 10.5 Å². The van der Waals surface area contributed by atoms with Crippen molar-refractivity contribution in [1.82, 2.24) is 9.88 Å². The Balaban J connectivity index is 2.19. The van der Waals surface area contributed by atoms with Crippen LogP contribution in [-0.2, 0) is 6.42 Å². The lowest BCUT2D eigenvalue weighted by molar-refractivity contribution is -0.0597. The van der Waals surface area contributed by atoms with E-state index in [-0.39, 0.29) is 19.1 Å². The third-order valence-electron chi connectivity index (χ3n) is 3.38. The van der Waals surface area contributed by atoms with Gasteiger partial charge in [0.2, 0.25) is 0 Å². The number of aryl methyl sites for hydroxylation is 1. The zero-order chi connectivity index (χ0) is 14.0. The first-order valence-corrected chi connectivity index (χ1v) is 7.18. The molecule has 6 nitrogen and oxygen atoms in total. The van der Waals surface area contributed by atoms with Gasteiger partial charge in [0.25, 0.3) is 5.91 Å². The van der Waals surface area contributed by atoms with Crippen LogP contribution in [-0.4, -0.2) is 51.3 Å². The number of thiazole rings is 1. The maximum Gasteiger partial charge on any atom is 0.266 e. The van der Waals surface area contributed by atoms with Gasteiger partial charge in [-0.15, -0.1) is 0 Å². The van der Waals surface area contributed by atoms with Crippen LogP contribution in [0.1, 0.15) is 35.1 Å². The molecule has 0 spiro atoms. The largest absolute Gasteiger partial charge is 0.393 e. The molecule has 1 aliphatic rings. The molecule has 1 amide bonds. The number of hydrogen-bond donors (Lipinski definition) is 3. The van der Waals surface area contributed by atoms with Crippen LogP contribution in [0.5, 0.6) is 0 Å². The highest BCUT2D eigenvalue weighted by Crippen LogP contribution is 2.26. The van der Waals surface area contributed by atoms with E-state index in [4.69, 9.17) is 5.73 Å². The van der Waals surface area contributed by atoms with Crippen molar-refractivity contribution in [2.45, 2.75) is 31.8 Å². The number of carbonyl (C=O) groups excluding carboxylic acids is 1. The van der Waals surface area contributed by atoms with Gasteiger partial charge in [0.15, 0.2) is 5.13 Å². The fraction of sp³-hybridized carbons (Fsp3) is 0.667. The molecule has 0 aromatic carbocycles. The molecule has 1 aliphatic heterocycles. The highest BCUT2D eigenvalue weighted by atomic mass is 32.1. The molecule has 1 aromatic heterocycles. The van der Waals surface area contributed by atoms with Gasteiger partial charge in [-0.05, 0) is 19.3 Å². The highest BCUT2D eigenvalue weighted by Gasteiger charge is 2.35. The van der Waals surface area contributed by atoms with Gasteiger partial charge in [0, 0.05) is 6.54 Å². The van der Waals surface area contributed by atoms with Crippen molar-refractivity contribution in [3.8, 4) is 0 Å². The Kier molecular flexibility index (Phi) is 4.07. The third-order valence-corrected chi connectivity index (χ3v) is 4.29. The molecule has 1 fully saturated rings. The molecule has 0 saturated carbocycles. The van der Waals surface area contributed by atoms with Crippen LogP contribution < -0.4 is 5.73 Å². The number of piperidine rings is 1. The number of hydrogen-bond acceptors (Lipinski definition) is 6. The molecular formula is C12H19N3O3S. The molecule has 4 N–H and O–H groups in total.